The second kappa shape index (κ2) is 7.37. The van der Waals surface area contributed by atoms with E-state index in [0.29, 0.717) is 11.8 Å². The molecule has 0 spiro atoms. The van der Waals surface area contributed by atoms with Crippen LogP contribution < -0.4 is 16.3 Å². The molecule has 21 heavy (non-hydrogen) atoms. The van der Waals surface area contributed by atoms with E-state index < -0.39 is 11.9 Å². The van der Waals surface area contributed by atoms with Crippen molar-refractivity contribution in [1.82, 2.24) is 16.3 Å². The van der Waals surface area contributed by atoms with Gasteiger partial charge in [-0.25, -0.2) is 10.2 Å². The van der Waals surface area contributed by atoms with Crippen LogP contribution in [-0.2, 0) is 9.59 Å². The maximum Gasteiger partial charge on any atom is 0.352 e. The average molecular weight is 298 g/mol. The van der Waals surface area contributed by atoms with E-state index in [4.69, 9.17) is 10.2 Å². The van der Waals surface area contributed by atoms with Gasteiger partial charge in [0.25, 0.3) is 0 Å². The van der Waals surface area contributed by atoms with E-state index in [9.17, 15) is 9.59 Å². The lowest BCUT2D eigenvalue weighted by Gasteiger charge is -2.41. The summed E-state index contributed by atoms with van der Waals surface area (Å²) in [6.45, 7) is 0.914. The first kappa shape index (κ1) is 15.7. The number of carboxylic acid groups (broad SMARTS) is 2. The normalized spacial score (nSPS) is 29.5. The monoisotopic (exact) mass is 298 g/mol. The molecule has 0 aromatic carbocycles. The number of aliphatic carboxylic acids is 2. The molecule has 3 atom stereocenters. The number of carbonyl (C=O) groups is 2. The maximum absolute atomic E-state index is 11.1. The second-order valence-corrected chi connectivity index (χ2v) is 5.60. The minimum atomic E-state index is -1.19. The molecular weight excluding hydrogens is 276 g/mol. The Morgan fingerprint density at radius 3 is 2.67 bits per heavy atom. The third-order valence-electron chi connectivity index (χ3n) is 4.18. The van der Waals surface area contributed by atoms with E-state index in [2.05, 4.69) is 21.4 Å². The van der Waals surface area contributed by atoms with Gasteiger partial charge < -0.3 is 10.2 Å². The Bertz CT molecular complexity index is 424. The molecule has 5 N–H and O–H groups in total. The molecule has 1 aliphatic heterocycles. The van der Waals surface area contributed by atoms with E-state index in [-0.39, 0.29) is 24.7 Å². The Morgan fingerprint density at radius 1 is 1.19 bits per heavy atom. The topological polar surface area (TPSA) is 123 Å². The maximum atomic E-state index is 11.1. The smallest absolute Gasteiger partial charge is 0.352 e. The van der Waals surface area contributed by atoms with Gasteiger partial charge in [-0.05, 0) is 24.7 Å². The fraction of sp³-hybridized carbons (Fsp3) is 0.769. The summed E-state index contributed by atoms with van der Waals surface area (Å²) in [5.74, 6) is -1.24. The summed E-state index contributed by atoms with van der Waals surface area (Å²) >= 11 is 0. The lowest BCUT2D eigenvalue weighted by atomic mass is 9.77. The fourth-order valence-corrected chi connectivity index (χ4v) is 3.05. The van der Waals surface area contributed by atoms with Gasteiger partial charge in [-0.15, -0.1) is 0 Å². The van der Waals surface area contributed by atoms with Gasteiger partial charge in [0.05, 0.1) is 6.42 Å². The summed E-state index contributed by atoms with van der Waals surface area (Å²) in [6.07, 6.45) is 4.22. The van der Waals surface area contributed by atoms with Crippen LogP contribution in [0.15, 0.2) is 5.10 Å². The van der Waals surface area contributed by atoms with Crippen molar-refractivity contribution < 1.29 is 19.8 Å². The fourth-order valence-electron chi connectivity index (χ4n) is 3.05. The molecule has 0 radical (unpaired) electrons. The predicted octanol–water partition coefficient (Wildman–Crippen LogP) is 0.122. The summed E-state index contributed by atoms with van der Waals surface area (Å²) in [5.41, 5.74) is 8.93. The van der Waals surface area contributed by atoms with Crippen molar-refractivity contribution >= 4 is 17.7 Å². The zero-order chi connectivity index (χ0) is 15.2. The first-order chi connectivity index (χ1) is 10.1. The van der Waals surface area contributed by atoms with Gasteiger partial charge in [0, 0.05) is 13.0 Å². The van der Waals surface area contributed by atoms with Crippen molar-refractivity contribution in [2.45, 2.75) is 44.7 Å². The predicted molar refractivity (Wildman–Crippen MR) is 75.5 cm³/mol. The molecular formula is C13H22N4O4. The number of fused-ring (bicyclic) bond motifs is 1. The zero-order valence-electron chi connectivity index (χ0n) is 11.8. The van der Waals surface area contributed by atoms with Crippen molar-refractivity contribution in [3.8, 4) is 0 Å². The van der Waals surface area contributed by atoms with Crippen LogP contribution in [0.2, 0.25) is 0 Å². The van der Waals surface area contributed by atoms with Crippen molar-refractivity contribution in [2.24, 2.45) is 16.9 Å². The Balaban J connectivity index is 1.95. The Labute approximate surface area is 123 Å². The van der Waals surface area contributed by atoms with Gasteiger partial charge in [-0.1, -0.05) is 12.8 Å². The van der Waals surface area contributed by atoms with Crippen LogP contribution in [0.25, 0.3) is 0 Å². The van der Waals surface area contributed by atoms with Crippen LogP contribution in [0.3, 0.4) is 0 Å². The molecule has 1 saturated heterocycles. The highest BCUT2D eigenvalue weighted by atomic mass is 16.4. The summed E-state index contributed by atoms with van der Waals surface area (Å²) < 4.78 is 0. The number of nitrogens with one attached hydrogen (secondary N) is 3. The van der Waals surface area contributed by atoms with E-state index >= 15 is 0 Å². The van der Waals surface area contributed by atoms with Crippen molar-refractivity contribution in [2.75, 3.05) is 6.54 Å². The molecule has 2 aliphatic rings. The standard InChI is InChI=1S/C13H22N4O4/c18-11(19)6-5-10(13(20)21)15-17-12-9-4-2-1-3-8(9)7-14-16-12/h8-9,12,14,16-17H,1-7H2,(H,18,19)(H,20,21)/b15-10+. The van der Waals surface area contributed by atoms with Crippen LogP contribution in [0.4, 0.5) is 0 Å². The number of hydrazine groups is 1. The summed E-state index contributed by atoms with van der Waals surface area (Å²) in [6, 6.07) is 0. The molecule has 1 heterocycles. The van der Waals surface area contributed by atoms with Crippen LogP contribution in [0.1, 0.15) is 38.5 Å². The Kier molecular flexibility index (Phi) is 5.51. The largest absolute Gasteiger partial charge is 0.481 e. The highest BCUT2D eigenvalue weighted by molar-refractivity contribution is 6.35. The number of hydrazone groups is 1. The Morgan fingerprint density at radius 2 is 1.95 bits per heavy atom. The van der Waals surface area contributed by atoms with E-state index in [1.807, 2.05) is 0 Å². The molecule has 0 aromatic rings. The number of carboxylic acids is 2. The average Bonchev–Trinajstić information content (AvgIpc) is 2.46. The van der Waals surface area contributed by atoms with Gasteiger partial charge in [0.1, 0.15) is 11.9 Å². The molecule has 8 nitrogen and oxygen atoms in total. The van der Waals surface area contributed by atoms with Crippen molar-refractivity contribution in [1.29, 1.82) is 0 Å². The van der Waals surface area contributed by atoms with Crippen molar-refractivity contribution in [3.63, 3.8) is 0 Å². The third-order valence-corrected chi connectivity index (χ3v) is 4.18. The third kappa shape index (κ3) is 4.40. The summed E-state index contributed by atoms with van der Waals surface area (Å²) in [4.78, 5) is 21.6. The van der Waals surface area contributed by atoms with Gasteiger partial charge in [0.2, 0.25) is 0 Å². The van der Waals surface area contributed by atoms with Gasteiger partial charge in [0.15, 0.2) is 0 Å². The van der Waals surface area contributed by atoms with Gasteiger partial charge >= 0.3 is 11.9 Å². The highest BCUT2D eigenvalue weighted by Gasteiger charge is 2.34. The SMILES string of the molecule is O=C(O)CC/C(=N\NC1NNCC2CCCCC21)C(=O)O. The minimum Gasteiger partial charge on any atom is -0.481 e. The number of hydrogen-bond donors (Lipinski definition) is 5. The number of nitrogens with zero attached hydrogens (tertiary/aromatic N) is 1. The first-order valence-electron chi connectivity index (χ1n) is 7.33. The molecule has 8 heteroatoms. The molecule has 2 rings (SSSR count). The van der Waals surface area contributed by atoms with E-state index in [1.54, 1.807) is 0 Å². The lowest BCUT2D eigenvalue weighted by molar-refractivity contribution is -0.136. The molecule has 1 aliphatic carbocycles. The molecule has 0 bridgehead atoms. The van der Waals surface area contributed by atoms with Crippen LogP contribution >= 0.6 is 0 Å². The molecule has 3 unspecified atom stereocenters. The summed E-state index contributed by atoms with van der Waals surface area (Å²) in [5, 5.41) is 21.6. The molecule has 2 fully saturated rings. The van der Waals surface area contributed by atoms with Crippen LogP contribution in [0.5, 0.6) is 0 Å². The Hall–Kier alpha value is -1.67. The van der Waals surface area contributed by atoms with Crippen LogP contribution in [0, 0.1) is 11.8 Å². The molecule has 0 amide bonds. The molecule has 1 saturated carbocycles. The van der Waals surface area contributed by atoms with Gasteiger partial charge in [-0.2, -0.15) is 5.10 Å². The first-order valence-corrected chi connectivity index (χ1v) is 7.33. The number of hydrogen-bond acceptors (Lipinski definition) is 6. The summed E-state index contributed by atoms with van der Waals surface area (Å²) in [7, 11) is 0. The minimum absolute atomic E-state index is 0.0914. The molecule has 0 aromatic heterocycles. The lowest BCUT2D eigenvalue weighted by Crippen LogP contribution is -2.61. The van der Waals surface area contributed by atoms with Gasteiger partial charge in [-0.3, -0.25) is 15.6 Å². The number of rotatable bonds is 6. The molecule has 118 valence electrons. The second-order valence-electron chi connectivity index (χ2n) is 5.60. The zero-order valence-corrected chi connectivity index (χ0v) is 11.8. The van der Waals surface area contributed by atoms with Crippen molar-refractivity contribution in [3.05, 3.63) is 0 Å². The van der Waals surface area contributed by atoms with E-state index in [1.165, 1.54) is 19.3 Å². The quantitative estimate of drug-likeness (QED) is 0.348. The van der Waals surface area contributed by atoms with Crippen LogP contribution in [-0.4, -0.2) is 40.6 Å². The van der Waals surface area contributed by atoms with E-state index in [0.717, 1.165) is 13.0 Å². The highest BCUT2D eigenvalue weighted by Crippen LogP contribution is 2.32.